The molecule has 2 saturated heterocycles. The molecule has 2 aliphatic heterocycles. The number of nitrogens with one attached hydrogen (secondary N) is 1. The van der Waals surface area contributed by atoms with E-state index in [-0.39, 0.29) is 17.6 Å². The molecule has 1 saturated carbocycles. The van der Waals surface area contributed by atoms with E-state index in [0.29, 0.717) is 6.42 Å². The third-order valence-electron chi connectivity index (χ3n) is 4.81. The fourth-order valence-electron chi connectivity index (χ4n) is 3.30. The number of hydrogen-bond acceptors (Lipinski definition) is 4. The number of ether oxygens (including phenoxy) is 2. The number of amides is 1. The Kier molecular flexibility index (Phi) is 4.58. The molecule has 1 unspecified atom stereocenters. The smallest absolute Gasteiger partial charge is 0.222 e. The predicted molar refractivity (Wildman–Crippen MR) is 75.6 cm³/mol. The Morgan fingerprint density at radius 3 is 2.65 bits per heavy atom. The van der Waals surface area contributed by atoms with Crippen molar-refractivity contribution in [3.8, 4) is 0 Å². The first-order valence-corrected chi connectivity index (χ1v) is 8.00. The van der Waals surface area contributed by atoms with Gasteiger partial charge in [-0.25, -0.2) is 0 Å². The van der Waals surface area contributed by atoms with Crippen molar-refractivity contribution >= 4 is 5.91 Å². The van der Waals surface area contributed by atoms with E-state index < -0.39 is 0 Å². The fourth-order valence-corrected chi connectivity index (χ4v) is 3.30. The molecule has 1 N–H and O–H groups in total. The summed E-state index contributed by atoms with van der Waals surface area (Å²) in [5, 5.41) is 3.13. The minimum atomic E-state index is 0.141. The lowest BCUT2D eigenvalue weighted by Gasteiger charge is -2.35. The van der Waals surface area contributed by atoms with E-state index in [2.05, 4.69) is 10.2 Å². The van der Waals surface area contributed by atoms with Crippen molar-refractivity contribution in [2.45, 2.75) is 50.2 Å². The largest absolute Gasteiger partial charge is 0.379 e. The lowest BCUT2D eigenvalue weighted by atomic mass is 10.1. The third kappa shape index (κ3) is 3.51. The second-order valence-corrected chi connectivity index (χ2v) is 6.29. The summed E-state index contributed by atoms with van der Waals surface area (Å²) in [5.41, 5.74) is 0.229. The second kappa shape index (κ2) is 6.41. The van der Waals surface area contributed by atoms with Gasteiger partial charge < -0.3 is 14.8 Å². The summed E-state index contributed by atoms with van der Waals surface area (Å²) in [7, 11) is 0. The summed E-state index contributed by atoms with van der Waals surface area (Å²) >= 11 is 0. The van der Waals surface area contributed by atoms with Gasteiger partial charge in [-0.3, -0.25) is 9.69 Å². The van der Waals surface area contributed by atoms with E-state index in [1.165, 1.54) is 19.3 Å². The number of carbonyl (C=O) groups is 1. The lowest BCUT2D eigenvalue weighted by molar-refractivity contribution is -0.125. The van der Waals surface area contributed by atoms with Crippen LogP contribution in [0.4, 0.5) is 0 Å². The van der Waals surface area contributed by atoms with Crippen LogP contribution in [0.2, 0.25) is 0 Å². The van der Waals surface area contributed by atoms with E-state index in [4.69, 9.17) is 9.47 Å². The summed E-state index contributed by atoms with van der Waals surface area (Å²) < 4.78 is 11.0. The van der Waals surface area contributed by atoms with Gasteiger partial charge in [0.15, 0.2) is 0 Å². The number of morpholine rings is 1. The molecule has 5 nitrogen and oxygen atoms in total. The highest BCUT2D eigenvalue weighted by Gasteiger charge is 2.48. The molecule has 3 fully saturated rings. The molecule has 0 spiro atoms. The zero-order chi connectivity index (χ0) is 13.8. The number of carbonyl (C=O) groups excluding carboxylic acids is 1. The highest BCUT2D eigenvalue weighted by atomic mass is 16.5. The first-order valence-electron chi connectivity index (χ1n) is 8.00. The number of hydrogen-bond donors (Lipinski definition) is 1. The Morgan fingerprint density at radius 2 is 2.00 bits per heavy atom. The summed E-state index contributed by atoms with van der Waals surface area (Å²) in [6.07, 6.45) is 6.43. The third-order valence-corrected chi connectivity index (χ3v) is 4.81. The molecular weight excluding hydrogens is 256 g/mol. The minimum Gasteiger partial charge on any atom is -0.379 e. The van der Waals surface area contributed by atoms with Crippen molar-refractivity contribution in [2.75, 3.05) is 39.5 Å². The Morgan fingerprint density at radius 1 is 1.20 bits per heavy atom. The first kappa shape index (κ1) is 14.3. The maximum Gasteiger partial charge on any atom is 0.222 e. The standard InChI is InChI=1S/C15H26N2O3/c18-14(11-13-3-1-2-8-20-13)16-12-15(4-5-15)17-6-9-19-10-7-17/h13H,1-12H2,(H,16,18). The molecule has 1 amide bonds. The van der Waals surface area contributed by atoms with Crippen LogP contribution in [0.25, 0.3) is 0 Å². The van der Waals surface area contributed by atoms with E-state index in [9.17, 15) is 4.79 Å². The van der Waals surface area contributed by atoms with Crippen LogP contribution in [0.1, 0.15) is 38.5 Å². The van der Waals surface area contributed by atoms with Gasteiger partial charge in [-0.15, -0.1) is 0 Å². The van der Waals surface area contributed by atoms with Crippen molar-refractivity contribution in [1.82, 2.24) is 10.2 Å². The molecule has 1 aliphatic carbocycles. The first-order chi connectivity index (χ1) is 9.78. The van der Waals surface area contributed by atoms with Gasteiger partial charge in [0, 0.05) is 31.8 Å². The van der Waals surface area contributed by atoms with Crippen molar-refractivity contribution in [2.24, 2.45) is 0 Å². The van der Waals surface area contributed by atoms with Gasteiger partial charge in [-0.05, 0) is 32.1 Å². The molecule has 3 aliphatic rings. The monoisotopic (exact) mass is 282 g/mol. The highest BCUT2D eigenvalue weighted by Crippen LogP contribution is 2.41. The molecule has 0 aromatic carbocycles. The van der Waals surface area contributed by atoms with Gasteiger partial charge in [0.25, 0.3) is 0 Å². The van der Waals surface area contributed by atoms with Gasteiger partial charge >= 0.3 is 0 Å². The van der Waals surface area contributed by atoms with Crippen LogP contribution in [-0.4, -0.2) is 61.9 Å². The Bertz CT molecular complexity index is 332. The Hall–Kier alpha value is -0.650. The highest BCUT2D eigenvalue weighted by molar-refractivity contribution is 5.76. The molecule has 114 valence electrons. The van der Waals surface area contributed by atoms with Gasteiger partial charge in [0.2, 0.25) is 5.91 Å². The van der Waals surface area contributed by atoms with Crippen molar-refractivity contribution < 1.29 is 14.3 Å². The van der Waals surface area contributed by atoms with Crippen LogP contribution in [-0.2, 0) is 14.3 Å². The zero-order valence-electron chi connectivity index (χ0n) is 12.2. The summed E-state index contributed by atoms with van der Waals surface area (Å²) in [6, 6.07) is 0. The Balaban J connectivity index is 1.40. The lowest BCUT2D eigenvalue weighted by Crippen LogP contribution is -2.50. The molecule has 5 heteroatoms. The van der Waals surface area contributed by atoms with Gasteiger partial charge in [-0.1, -0.05) is 0 Å². The molecule has 0 aromatic heterocycles. The maximum absolute atomic E-state index is 12.0. The average Bonchev–Trinajstić information content (AvgIpc) is 3.28. The maximum atomic E-state index is 12.0. The van der Waals surface area contributed by atoms with Crippen LogP contribution >= 0.6 is 0 Å². The molecule has 20 heavy (non-hydrogen) atoms. The van der Waals surface area contributed by atoms with Crippen molar-refractivity contribution in [3.05, 3.63) is 0 Å². The fraction of sp³-hybridized carbons (Fsp3) is 0.933. The molecule has 0 bridgehead atoms. The number of rotatable bonds is 5. The zero-order valence-corrected chi connectivity index (χ0v) is 12.2. The number of nitrogens with zero attached hydrogens (tertiary/aromatic N) is 1. The summed E-state index contributed by atoms with van der Waals surface area (Å²) in [5.74, 6) is 0.149. The minimum absolute atomic E-state index is 0.141. The summed E-state index contributed by atoms with van der Waals surface area (Å²) in [4.78, 5) is 14.5. The normalized spacial score (nSPS) is 29.9. The van der Waals surface area contributed by atoms with Crippen LogP contribution < -0.4 is 5.32 Å². The van der Waals surface area contributed by atoms with E-state index in [1.807, 2.05) is 0 Å². The molecular formula is C15H26N2O3. The van der Waals surface area contributed by atoms with Gasteiger partial charge in [0.05, 0.1) is 25.7 Å². The molecule has 0 radical (unpaired) electrons. The average molecular weight is 282 g/mol. The molecule has 0 aromatic rings. The van der Waals surface area contributed by atoms with Crippen LogP contribution in [0.5, 0.6) is 0 Å². The SMILES string of the molecule is O=C(CC1CCCCO1)NCC1(N2CCOCC2)CC1. The predicted octanol–water partition coefficient (Wildman–Crippen LogP) is 0.927. The molecule has 2 heterocycles. The van der Waals surface area contributed by atoms with E-state index in [0.717, 1.165) is 52.3 Å². The quantitative estimate of drug-likeness (QED) is 0.815. The van der Waals surface area contributed by atoms with Gasteiger partial charge in [0.1, 0.15) is 0 Å². The summed E-state index contributed by atoms with van der Waals surface area (Å²) in [6.45, 7) is 5.26. The molecule has 3 rings (SSSR count). The Labute approximate surface area is 121 Å². The van der Waals surface area contributed by atoms with Crippen molar-refractivity contribution in [3.63, 3.8) is 0 Å². The van der Waals surface area contributed by atoms with Crippen LogP contribution in [0.15, 0.2) is 0 Å². The van der Waals surface area contributed by atoms with E-state index in [1.54, 1.807) is 0 Å². The van der Waals surface area contributed by atoms with E-state index >= 15 is 0 Å². The van der Waals surface area contributed by atoms with Gasteiger partial charge in [-0.2, -0.15) is 0 Å². The molecule has 1 atom stereocenters. The topological polar surface area (TPSA) is 50.8 Å². The van der Waals surface area contributed by atoms with Crippen molar-refractivity contribution in [1.29, 1.82) is 0 Å². The van der Waals surface area contributed by atoms with Crippen LogP contribution in [0.3, 0.4) is 0 Å². The second-order valence-electron chi connectivity index (χ2n) is 6.29. The van der Waals surface area contributed by atoms with Crippen LogP contribution in [0, 0.1) is 0 Å².